The Bertz CT molecular complexity index is 1010. The Balaban J connectivity index is 1.62. The van der Waals surface area contributed by atoms with Crippen LogP contribution < -0.4 is 20.1 Å². The topological polar surface area (TPSA) is 76.7 Å². The summed E-state index contributed by atoms with van der Waals surface area (Å²) in [6, 6.07) is 14.1. The van der Waals surface area contributed by atoms with Crippen molar-refractivity contribution in [3.05, 3.63) is 83.5 Å². The number of hydrogen-bond acceptors (Lipinski definition) is 5. The molecule has 2 aromatic carbocycles. The first kappa shape index (κ1) is 24.3. The number of carbonyl (C=O) groups excluding carboxylic acids is 2. The molecule has 0 spiro atoms. The minimum absolute atomic E-state index is 0.0467. The maximum absolute atomic E-state index is 13.1. The van der Waals surface area contributed by atoms with Crippen LogP contribution in [-0.4, -0.2) is 38.5 Å². The number of methoxy groups -OCH3 is 2. The predicted molar refractivity (Wildman–Crippen MR) is 130 cm³/mol. The molecule has 1 atom stereocenters. The van der Waals surface area contributed by atoms with E-state index in [9.17, 15) is 9.59 Å². The molecule has 0 saturated carbocycles. The largest absolute Gasteiger partial charge is 0.497 e. The van der Waals surface area contributed by atoms with Gasteiger partial charge in [-0.3, -0.25) is 9.59 Å². The van der Waals surface area contributed by atoms with Crippen LogP contribution in [0.1, 0.15) is 41.6 Å². The van der Waals surface area contributed by atoms with Crippen molar-refractivity contribution in [1.29, 1.82) is 0 Å². The molecule has 0 saturated heterocycles. The highest BCUT2D eigenvalue weighted by Gasteiger charge is 2.21. The van der Waals surface area contributed by atoms with E-state index in [1.807, 2.05) is 24.3 Å². The van der Waals surface area contributed by atoms with E-state index in [4.69, 9.17) is 9.47 Å². The molecule has 0 fully saturated rings. The average Bonchev–Trinajstić information content (AvgIpc) is 2.87. The molecule has 0 radical (unpaired) electrons. The number of allylic oxidation sites excluding steroid dienone is 4. The zero-order chi connectivity index (χ0) is 23.5. The molecule has 2 N–H and O–H groups in total. The van der Waals surface area contributed by atoms with Crippen molar-refractivity contribution in [3.8, 4) is 11.5 Å². The first-order valence-corrected chi connectivity index (χ1v) is 11.3. The lowest BCUT2D eigenvalue weighted by Gasteiger charge is -2.19. The molecular formula is C27H32N2O4. The molecule has 0 bridgehead atoms. The summed E-state index contributed by atoms with van der Waals surface area (Å²) < 4.78 is 10.5. The van der Waals surface area contributed by atoms with Crippen molar-refractivity contribution in [2.75, 3.05) is 20.8 Å². The van der Waals surface area contributed by atoms with E-state index in [2.05, 4.69) is 28.9 Å². The maximum atomic E-state index is 13.1. The Morgan fingerprint density at radius 3 is 2.48 bits per heavy atom. The third-order valence-electron chi connectivity index (χ3n) is 5.58. The van der Waals surface area contributed by atoms with Crippen molar-refractivity contribution in [1.82, 2.24) is 10.6 Å². The molecule has 174 valence electrons. The standard InChI is InChI=1S/C27H32N2O4/c1-32-23-12-6-10-21(16-23)18-28-19-26(30)25(15-14-20-8-4-3-5-9-20)29-27(31)22-11-7-13-24(17-22)33-2/h4,6-13,16-17,25,28H,3,5,14-15,18-19H2,1-2H3,(H,29,31)/t25-/m0/s1. The summed E-state index contributed by atoms with van der Waals surface area (Å²) >= 11 is 0. The third kappa shape index (κ3) is 7.61. The van der Waals surface area contributed by atoms with E-state index in [-0.39, 0.29) is 18.2 Å². The van der Waals surface area contributed by atoms with Crippen molar-refractivity contribution >= 4 is 11.7 Å². The fraction of sp³-hybridized carbons (Fsp3) is 0.333. The number of benzene rings is 2. The SMILES string of the molecule is COc1cccc(CNCC(=O)[C@H](CCC2=CCCC=C2)NC(=O)c2cccc(OC)c2)c1. The highest BCUT2D eigenvalue weighted by molar-refractivity contribution is 5.98. The lowest BCUT2D eigenvalue weighted by Crippen LogP contribution is -2.44. The molecule has 33 heavy (non-hydrogen) atoms. The fourth-order valence-electron chi connectivity index (χ4n) is 3.72. The Morgan fingerprint density at radius 2 is 1.76 bits per heavy atom. The van der Waals surface area contributed by atoms with E-state index in [1.54, 1.807) is 38.5 Å². The van der Waals surface area contributed by atoms with Gasteiger partial charge in [-0.2, -0.15) is 0 Å². The summed E-state index contributed by atoms with van der Waals surface area (Å²) in [6.45, 7) is 0.697. The molecule has 2 aromatic rings. The molecule has 6 nitrogen and oxygen atoms in total. The molecular weight excluding hydrogens is 416 g/mol. The van der Waals surface area contributed by atoms with Crippen LogP contribution in [-0.2, 0) is 11.3 Å². The second kappa shape index (κ2) is 12.6. The quantitative estimate of drug-likeness (QED) is 0.509. The van der Waals surface area contributed by atoms with Gasteiger partial charge >= 0.3 is 0 Å². The lowest BCUT2D eigenvalue weighted by molar-refractivity contribution is -0.120. The molecule has 1 amide bonds. The van der Waals surface area contributed by atoms with E-state index in [1.165, 1.54) is 5.57 Å². The second-order valence-electron chi connectivity index (χ2n) is 7.98. The highest BCUT2D eigenvalue weighted by Crippen LogP contribution is 2.18. The van der Waals surface area contributed by atoms with Crippen LogP contribution in [0.5, 0.6) is 11.5 Å². The van der Waals surface area contributed by atoms with Gasteiger partial charge in [0.2, 0.25) is 0 Å². The summed E-state index contributed by atoms with van der Waals surface area (Å²) in [6.07, 6.45) is 9.81. The van der Waals surface area contributed by atoms with Gasteiger partial charge in [0.05, 0.1) is 26.8 Å². The molecule has 3 rings (SSSR count). The fourth-order valence-corrected chi connectivity index (χ4v) is 3.72. The second-order valence-corrected chi connectivity index (χ2v) is 7.98. The highest BCUT2D eigenvalue weighted by atomic mass is 16.5. The zero-order valence-corrected chi connectivity index (χ0v) is 19.3. The summed E-state index contributed by atoms with van der Waals surface area (Å²) in [4.78, 5) is 25.9. The Hall–Kier alpha value is -3.38. The minimum atomic E-state index is -0.585. The van der Waals surface area contributed by atoms with Crippen LogP contribution in [0.2, 0.25) is 0 Å². The summed E-state index contributed by atoms with van der Waals surface area (Å²) in [5, 5.41) is 6.13. The van der Waals surface area contributed by atoms with Gasteiger partial charge in [-0.1, -0.05) is 42.0 Å². The Kier molecular flexibility index (Phi) is 9.27. The van der Waals surface area contributed by atoms with Crippen LogP contribution in [0.4, 0.5) is 0 Å². The number of hydrogen-bond donors (Lipinski definition) is 2. The van der Waals surface area contributed by atoms with Gasteiger partial charge in [0.1, 0.15) is 11.5 Å². The van der Waals surface area contributed by atoms with E-state index in [0.717, 1.165) is 30.6 Å². The molecule has 1 aliphatic rings. The van der Waals surface area contributed by atoms with Gasteiger partial charge in [0, 0.05) is 12.1 Å². The maximum Gasteiger partial charge on any atom is 0.251 e. The van der Waals surface area contributed by atoms with Crippen LogP contribution in [0, 0.1) is 0 Å². The van der Waals surface area contributed by atoms with Gasteiger partial charge in [-0.15, -0.1) is 0 Å². The Labute approximate surface area is 195 Å². The third-order valence-corrected chi connectivity index (χ3v) is 5.58. The van der Waals surface area contributed by atoms with Gasteiger partial charge in [-0.05, 0) is 61.6 Å². The van der Waals surface area contributed by atoms with Crippen molar-refractivity contribution < 1.29 is 19.1 Å². The zero-order valence-electron chi connectivity index (χ0n) is 19.3. The van der Waals surface area contributed by atoms with Gasteiger partial charge in [0.25, 0.3) is 5.91 Å². The van der Waals surface area contributed by atoms with Crippen molar-refractivity contribution in [2.24, 2.45) is 0 Å². The van der Waals surface area contributed by atoms with Gasteiger partial charge in [0.15, 0.2) is 5.78 Å². The van der Waals surface area contributed by atoms with Crippen LogP contribution in [0.25, 0.3) is 0 Å². The van der Waals surface area contributed by atoms with Gasteiger partial charge in [-0.25, -0.2) is 0 Å². The van der Waals surface area contributed by atoms with E-state index < -0.39 is 6.04 Å². The number of rotatable bonds is 12. The van der Waals surface area contributed by atoms with Crippen LogP contribution in [0.15, 0.2) is 72.3 Å². The van der Waals surface area contributed by atoms with Crippen molar-refractivity contribution in [2.45, 2.75) is 38.3 Å². The molecule has 1 aliphatic carbocycles. The number of nitrogens with one attached hydrogen (secondary N) is 2. The predicted octanol–water partition coefficient (Wildman–Crippen LogP) is 4.22. The summed E-state index contributed by atoms with van der Waals surface area (Å²) in [7, 11) is 3.19. The first-order chi connectivity index (χ1) is 16.1. The molecule has 0 aromatic heterocycles. The first-order valence-electron chi connectivity index (χ1n) is 11.3. The Morgan fingerprint density at radius 1 is 1.00 bits per heavy atom. The molecule has 0 aliphatic heterocycles. The van der Waals surface area contributed by atoms with Crippen LogP contribution >= 0.6 is 0 Å². The number of ketones is 1. The molecule has 0 heterocycles. The van der Waals surface area contributed by atoms with Crippen LogP contribution in [0.3, 0.4) is 0 Å². The van der Waals surface area contributed by atoms with Crippen molar-refractivity contribution in [3.63, 3.8) is 0 Å². The number of Topliss-reactive ketones (excluding diaryl/α,β-unsaturated/α-hetero) is 1. The normalized spacial score (nSPS) is 13.7. The number of carbonyl (C=O) groups is 2. The van der Waals surface area contributed by atoms with E-state index in [0.29, 0.717) is 24.3 Å². The van der Waals surface area contributed by atoms with E-state index >= 15 is 0 Å². The number of amides is 1. The minimum Gasteiger partial charge on any atom is -0.497 e. The summed E-state index contributed by atoms with van der Waals surface area (Å²) in [5.41, 5.74) is 2.70. The number of ether oxygens (including phenoxy) is 2. The summed E-state index contributed by atoms with van der Waals surface area (Å²) in [5.74, 6) is 1.04. The monoisotopic (exact) mass is 448 g/mol. The molecule has 0 unspecified atom stereocenters. The van der Waals surface area contributed by atoms with Gasteiger partial charge < -0.3 is 20.1 Å². The average molecular weight is 449 g/mol. The smallest absolute Gasteiger partial charge is 0.251 e. The lowest BCUT2D eigenvalue weighted by atomic mass is 9.98. The molecule has 6 heteroatoms.